The van der Waals surface area contributed by atoms with Gasteiger partial charge in [-0.05, 0) is 61.5 Å². The standard InChI is InChI=1S/C18H23NS2/c1-2-6-15(7-3-1)10-11-19-17(18-9-5-13-21-18)14-16-8-4-12-20-16/h4-6,8-9,12-13,17,19H,1-3,7,10-11,14H2. The second-order valence-electron chi connectivity index (χ2n) is 5.66. The average Bonchev–Trinajstić information content (AvgIpc) is 3.21. The molecule has 0 radical (unpaired) electrons. The molecule has 0 aromatic carbocycles. The van der Waals surface area contributed by atoms with Crippen LogP contribution in [-0.4, -0.2) is 6.54 Å². The molecule has 1 N–H and O–H groups in total. The van der Waals surface area contributed by atoms with Crippen LogP contribution in [0.2, 0.25) is 0 Å². The Morgan fingerprint density at radius 1 is 1.10 bits per heavy atom. The zero-order chi connectivity index (χ0) is 14.3. The maximum atomic E-state index is 3.78. The normalized spacial score (nSPS) is 16.7. The van der Waals surface area contributed by atoms with E-state index in [2.05, 4.69) is 46.4 Å². The first-order valence-electron chi connectivity index (χ1n) is 7.89. The highest BCUT2D eigenvalue weighted by atomic mass is 32.1. The lowest BCUT2D eigenvalue weighted by atomic mass is 9.97. The lowest BCUT2D eigenvalue weighted by molar-refractivity contribution is 0.535. The van der Waals surface area contributed by atoms with Gasteiger partial charge in [-0.1, -0.05) is 23.8 Å². The van der Waals surface area contributed by atoms with E-state index in [0.717, 1.165) is 13.0 Å². The fraction of sp³-hybridized carbons (Fsp3) is 0.444. The van der Waals surface area contributed by atoms with E-state index < -0.39 is 0 Å². The van der Waals surface area contributed by atoms with Crippen LogP contribution in [0.4, 0.5) is 0 Å². The Morgan fingerprint density at radius 2 is 2.00 bits per heavy atom. The molecule has 1 unspecified atom stereocenters. The summed E-state index contributed by atoms with van der Waals surface area (Å²) in [5.74, 6) is 0. The van der Waals surface area contributed by atoms with Crippen LogP contribution in [0.25, 0.3) is 0 Å². The maximum Gasteiger partial charge on any atom is 0.0463 e. The topological polar surface area (TPSA) is 12.0 Å². The van der Waals surface area contributed by atoms with Gasteiger partial charge in [-0.2, -0.15) is 0 Å². The van der Waals surface area contributed by atoms with Gasteiger partial charge >= 0.3 is 0 Å². The third kappa shape index (κ3) is 4.53. The highest BCUT2D eigenvalue weighted by Gasteiger charge is 2.14. The summed E-state index contributed by atoms with van der Waals surface area (Å²) >= 11 is 3.73. The van der Waals surface area contributed by atoms with Crippen molar-refractivity contribution in [3.63, 3.8) is 0 Å². The summed E-state index contributed by atoms with van der Waals surface area (Å²) in [6.07, 6.45) is 10.2. The van der Waals surface area contributed by atoms with Gasteiger partial charge in [-0.3, -0.25) is 0 Å². The number of hydrogen-bond donors (Lipinski definition) is 1. The lowest BCUT2D eigenvalue weighted by Crippen LogP contribution is -2.24. The zero-order valence-electron chi connectivity index (χ0n) is 12.4. The molecule has 1 nitrogen and oxygen atoms in total. The van der Waals surface area contributed by atoms with E-state index in [1.165, 1.54) is 41.9 Å². The predicted molar refractivity (Wildman–Crippen MR) is 94.3 cm³/mol. The third-order valence-corrected chi connectivity index (χ3v) is 5.98. The van der Waals surface area contributed by atoms with E-state index in [4.69, 9.17) is 0 Å². The Bertz CT molecular complexity index is 540. The number of thiophene rings is 2. The molecule has 0 saturated carbocycles. The van der Waals surface area contributed by atoms with Crippen LogP contribution in [0.1, 0.15) is 47.9 Å². The van der Waals surface area contributed by atoms with Crippen LogP contribution in [-0.2, 0) is 6.42 Å². The van der Waals surface area contributed by atoms with Crippen LogP contribution in [0.5, 0.6) is 0 Å². The molecule has 3 heteroatoms. The summed E-state index contributed by atoms with van der Waals surface area (Å²) in [7, 11) is 0. The van der Waals surface area contributed by atoms with Gasteiger partial charge in [-0.25, -0.2) is 0 Å². The van der Waals surface area contributed by atoms with Crippen molar-refractivity contribution in [3.05, 3.63) is 56.4 Å². The lowest BCUT2D eigenvalue weighted by Gasteiger charge is -2.18. The molecule has 0 spiro atoms. The first kappa shape index (κ1) is 15.0. The summed E-state index contributed by atoms with van der Waals surface area (Å²) in [5.41, 5.74) is 1.66. The molecule has 1 atom stereocenters. The summed E-state index contributed by atoms with van der Waals surface area (Å²) in [5, 5.41) is 8.14. The minimum atomic E-state index is 0.466. The predicted octanol–water partition coefficient (Wildman–Crippen LogP) is 5.57. The van der Waals surface area contributed by atoms with Crippen molar-refractivity contribution in [1.29, 1.82) is 0 Å². The quantitative estimate of drug-likeness (QED) is 0.658. The van der Waals surface area contributed by atoms with Gasteiger partial charge in [0.25, 0.3) is 0 Å². The molecule has 2 heterocycles. The van der Waals surface area contributed by atoms with E-state index in [-0.39, 0.29) is 0 Å². The Balaban J connectivity index is 1.56. The van der Waals surface area contributed by atoms with Crippen molar-refractivity contribution in [2.24, 2.45) is 0 Å². The van der Waals surface area contributed by atoms with E-state index in [1.807, 2.05) is 22.7 Å². The van der Waals surface area contributed by atoms with Crippen LogP contribution >= 0.6 is 22.7 Å². The second kappa shape index (κ2) is 7.92. The highest BCUT2D eigenvalue weighted by Crippen LogP contribution is 2.25. The number of hydrogen-bond acceptors (Lipinski definition) is 3. The number of nitrogens with one attached hydrogen (secondary N) is 1. The molecule has 0 amide bonds. The fourth-order valence-electron chi connectivity index (χ4n) is 2.93. The monoisotopic (exact) mass is 317 g/mol. The van der Waals surface area contributed by atoms with Crippen LogP contribution in [0.15, 0.2) is 46.7 Å². The minimum Gasteiger partial charge on any atom is -0.309 e. The SMILES string of the molecule is C1=C(CCNC(Cc2cccs2)c2cccs2)CCCC1. The van der Waals surface area contributed by atoms with Gasteiger partial charge in [0.1, 0.15) is 0 Å². The second-order valence-corrected chi connectivity index (χ2v) is 7.68. The Morgan fingerprint density at radius 3 is 2.71 bits per heavy atom. The molecule has 0 aliphatic heterocycles. The Hall–Kier alpha value is -0.900. The first-order valence-corrected chi connectivity index (χ1v) is 9.65. The molecule has 2 aromatic rings. The molecule has 1 aliphatic rings. The van der Waals surface area contributed by atoms with Gasteiger partial charge < -0.3 is 5.32 Å². The molecular formula is C18H23NS2. The zero-order valence-corrected chi connectivity index (χ0v) is 14.0. The molecule has 0 bridgehead atoms. The maximum absolute atomic E-state index is 3.78. The molecule has 112 valence electrons. The van der Waals surface area contributed by atoms with Gasteiger partial charge in [0.05, 0.1) is 0 Å². The van der Waals surface area contributed by atoms with Crippen molar-refractivity contribution in [3.8, 4) is 0 Å². The highest BCUT2D eigenvalue weighted by molar-refractivity contribution is 7.10. The molecular weight excluding hydrogens is 294 g/mol. The van der Waals surface area contributed by atoms with Crippen molar-refractivity contribution < 1.29 is 0 Å². The number of rotatable bonds is 7. The molecule has 3 rings (SSSR count). The van der Waals surface area contributed by atoms with E-state index in [1.54, 1.807) is 5.57 Å². The molecule has 0 fully saturated rings. The Labute approximate surface area is 135 Å². The third-order valence-electron chi connectivity index (χ3n) is 4.09. The smallest absolute Gasteiger partial charge is 0.0463 e. The van der Waals surface area contributed by atoms with Gasteiger partial charge in [-0.15, -0.1) is 22.7 Å². The number of allylic oxidation sites excluding steroid dienone is 1. The largest absolute Gasteiger partial charge is 0.309 e. The summed E-state index contributed by atoms with van der Waals surface area (Å²) < 4.78 is 0. The van der Waals surface area contributed by atoms with Crippen molar-refractivity contribution >= 4 is 22.7 Å². The molecule has 2 aromatic heterocycles. The molecule has 21 heavy (non-hydrogen) atoms. The van der Waals surface area contributed by atoms with E-state index in [9.17, 15) is 0 Å². The van der Waals surface area contributed by atoms with E-state index in [0.29, 0.717) is 6.04 Å². The van der Waals surface area contributed by atoms with Crippen LogP contribution in [0.3, 0.4) is 0 Å². The van der Waals surface area contributed by atoms with Crippen LogP contribution in [0, 0.1) is 0 Å². The molecule has 0 saturated heterocycles. The minimum absolute atomic E-state index is 0.466. The van der Waals surface area contributed by atoms with Crippen LogP contribution < -0.4 is 5.32 Å². The van der Waals surface area contributed by atoms with Gasteiger partial charge in [0, 0.05) is 22.2 Å². The van der Waals surface area contributed by atoms with Gasteiger partial charge in [0.15, 0.2) is 0 Å². The van der Waals surface area contributed by atoms with Crippen molar-refractivity contribution in [1.82, 2.24) is 5.32 Å². The summed E-state index contributed by atoms with van der Waals surface area (Å²) in [4.78, 5) is 2.93. The van der Waals surface area contributed by atoms with Crippen molar-refractivity contribution in [2.45, 2.75) is 44.6 Å². The first-order chi connectivity index (χ1) is 10.4. The average molecular weight is 318 g/mol. The summed E-state index contributed by atoms with van der Waals surface area (Å²) in [6, 6.07) is 9.28. The van der Waals surface area contributed by atoms with Gasteiger partial charge in [0.2, 0.25) is 0 Å². The van der Waals surface area contributed by atoms with Crippen molar-refractivity contribution in [2.75, 3.05) is 6.54 Å². The fourth-order valence-corrected chi connectivity index (χ4v) is 4.49. The summed E-state index contributed by atoms with van der Waals surface area (Å²) in [6.45, 7) is 1.10. The Kier molecular flexibility index (Phi) is 5.67. The molecule has 1 aliphatic carbocycles. The van der Waals surface area contributed by atoms with E-state index >= 15 is 0 Å².